The van der Waals surface area contributed by atoms with Crippen molar-refractivity contribution < 1.29 is 22.7 Å². The molecule has 2 aromatic rings. The van der Waals surface area contributed by atoms with Crippen molar-refractivity contribution in [2.75, 3.05) is 6.54 Å². The minimum absolute atomic E-state index is 0.332. The molecule has 0 spiro atoms. The van der Waals surface area contributed by atoms with E-state index < -0.39 is 23.4 Å². The standard InChI is InChI=1S/C21H25ClF3N3O2/c1-13-26-18(22)17-16(10-7-14-5-8-15(9-6-14)21(23,24)25)28(12-11-27(13)17)19(29)30-20(2,3)4/h5-6,8-9,16H,7,10-12H2,1-4H3. The highest BCUT2D eigenvalue weighted by Crippen LogP contribution is 2.36. The molecule has 1 aliphatic rings. The Labute approximate surface area is 178 Å². The summed E-state index contributed by atoms with van der Waals surface area (Å²) < 4.78 is 46.0. The number of benzene rings is 1. The fourth-order valence-electron chi connectivity index (χ4n) is 3.65. The van der Waals surface area contributed by atoms with Gasteiger partial charge in [-0.3, -0.25) is 4.90 Å². The van der Waals surface area contributed by atoms with Crippen LogP contribution in [0.25, 0.3) is 0 Å². The van der Waals surface area contributed by atoms with Crippen LogP contribution in [0.3, 0.4) is 0 Å². The second-order valence-corrected chi connectivity index (χ2v) is 8.77. The average molecular weight is 444 g/mol. The summed E-state index contributed by atoms with van der Waals surface area (Å²) in [6.07, 6.45) is -3.86. The maximum Gasteiger partial charge on any atom is 0.416 e. The molecule has 0 N–H and O–H groups in total. The third-order valence-electron chi connectivity index (χ3n) is 5.02. The predicted molar refractivity (Wildman–Crippen MR) is 107 cm³/mol. The van der Waals surface area contributed by atoms with Crippen LogP contribution in [0.2, 0.25) is 5.15 Å². The molecule has 0 radical (unpaired) electrons. The van der Waals surface area contributed by atoms with E-state index in [1.165, 1.54) is 12.1 Å². The number of hydrogen-bond donors (Lipinski definition) is 0. The van der Waals surface area contributed by atoms with Crippen LogP contribution >= 0.6 is 11.6 Å². The smallest absolute Gasteiger partial charge is 0.416 e. The molecule has 0 bridgehead atoms. The first-order valence-corrected chi connectivity index (χ1v) is 10.1. The Bertz CT molecular complexity index is 917. The van der Waals surface area contributed by atoms with E-state index >= 15 is 0 Å². The van der Waals surface area contributed by atoms with Crippen molar-refractivity contribution >= 4 is 17.7 Å². The van der Waals surface area contributed by atoms with Crippen molar-refractivity contribution in [1.82, 2.24) is 14.5 Å². The quantitative estimate of drug-likeness (QED) is 0.603. The van der Waals surface area contributed by atoms with Gasteiger partial charge in [0.15, 0.2) is 5.15 Å². The largest absolute Gasteiger partial charge is 0.444 e. The zero-order valence-electron chi connectivity index (χ0n) is 17.4. The van der Waals surface area contributed by atoms with Crippen LogP contribution in [0.5, 0.6) is 0 Å². The van der Waals surface area contributed by atoms with Crippen LogP contribution in [0.15, 0.2) is 24.3 Å². The molecular weight excluding hydrogens is 419 g/mol. The number of halogens is 4. The topological polar surface area (TPSA) is 47.4 Å². The van der Waals surface area contributed by atoms with E-state index in [1.54, 1.807) is 25.7 Å². The number of rotatable bonds is 3. The minimum atomic E-state index is -4.37. The van der Waals surface area contributed by atoms with Gasteiger partial charge < -0.3 is 9.30 Å². The van der Waals surface area contributed by atoms with Crippen LogP contribution in [-0.2, 0) is 23.9 Å². The highest BCUT2D eigenvalue weighted by Gasteiger charge is 2.36. The lowest BCUT2D eigenvalue weighted by Gasteiger charge is -2.38. The average Bonchev–Trinajstić information content (AvgIpc) is 2.92. The number of fused-ring (bicyclic) bond motifs is 1. The lowest BCUT2D eigenvalue weighted by molar-refractivity contribution is -0.137. The van der Waals surface area contributed by atoms with E-state index in [-0.39, 0.29) is 6.04 Å². The van der Waals surface area contributed by atoms with Gasteiger partial charge in [-0.1, -0.05) is 23.7 Å². The van der Waals surface area contributed by atoms with E-state index in [1.807, 2.05) is 11.5 Å². The molecule has 1 unspecified atom stereocenters. The minimum Gasteiger partial charge on any atom is -0.444 e. The second kappa shape index (κ2) is 8.13. The molecule has 164 valence electrons. The molecule has 1 aliphatic heterocycles. The summed E-state index contributed by atoms with van der Waals surface area (Å²) in [5, 5.41) is 0.332. The van der Waals surface area contributed by atoms with Gasteiger partial charge in [0.2, 0.25) is 0 Å². The van der Waals surface area contributed by atoms with Crippen LogP contribution in [-0.4, -0.2) is 32.7 Å². The van der Waals surface area contributed by atoms with E-state index in [9.17, 15) is 18.0 Å². The number of aromatic nitrogens is 2. The van der Waals surface area contributed by atoms with Crippen LogP contribution in [0, 0.1) is 6.92 Å². The van der Waals surface area contributed by atoms with Gasteiger partial charge in [0.05, 0.1) is 17.3 Å². The molecular formula is C21H25ClF3N3O2. The molecule has 9 heteroatoms. The molecule has 1 atom stereocenters. The van der Waals surface area contributed by atoms with Crippen LogP contribution < -0.4 is 0 Å². The number of alkyl halides is 3. The van der Waals surface area contributed by atoms with Gasteiger partial charge in [0.1, 0.15) is 11.4 Å². The molecule has 30 heavy (non-hydrogen) atoms. The number of carbonyl (C=O) groups is 1. The third-order valence-corrected chi connectivity index (χ3v) is 5.30. The monoisotopic (exact) mass is 443 g/mol. The maximum absolute atomic E-state index is 12.8. The number of imidazole rings is 1. The summed E-state index contributed by atoms with van der Waals surface area (Å²) in [7, 11) is 0. The number of aryl methyl sites for hydroxylation is 2. The SMILES string of the molecule is Cc1nc(Cl)c2n1CCN(C(=O)OC(C)(C)C)C2CCc1ccc(C(F)(F)F)cc1. The molecule has 0 saturated heterocycles. The summed E-state index contributed by atoms with van der Waals surface area (Å²) >= 11 is 6.38. The van der Waals surface area contributed by atoms with Crippen molar-refractivity contribution in [2.24, 2.45) is 0 Å². The molecule has 1 aromatic heterocycles. The van der Waals surface area contributed by atoms with Crippen LogP contribution in [0.4, 0.5) is 18.0 Å². The zero-order chi connectivity index (χ0) is 22.3. The summed E-state index contributed by atoms with van der Waals surface area (Å²) in [5.41, 5.74) is 0.151. The van der Waals surface area contributed by atoms with Crippen molar-refractivity contribution in [2.45, 2.75) is 64.9 Å². The van der Waals surface area contributed by atoms with Crippen molar-refractivity contribution in [1.29, 1.82) is 0 Å². The Morgan fingerprint density at radius 1 is 1.20 bits per heavy atom. The van der Waals surface area contributed by atoms with E-state index in [2.05, 4.69) is 4.98 Å². The number of amides is 1. The lowest BCUT2D eigenvalue weighted by atomic mass is 9.99. The lowest BCUT2D eigenvalue weighted by Crippen LogP contribution is -2.45. The first-order valence-electron chi connectivity index (χ1n) is 9.75. The van der Waals surface area contributed by atoms with Gasteiger partial charge in [-0.25, -0.2) is 9.78 Å². The first-order chi connectivity index (χ1) is 13.9. The molecule has 0 fully saturated rings. The van der Waals surface area contributed by atoms with Crippen molar-refractivity contribution in [3.63, 3.8) is 0 Å². The van der Waals surface area contributed by atoms with Gasteiger partial charge >= 0.3 is 12.3 Å². The van der Waals surface area contributed by atoms with Crippen molar-refractivity contribution in [3.05, 3.63) is 52.1 Å². The molecule has 1 aromatic carbocycles. The zero-order valence-corrected chi connectivity index (χ0v) is 18.1. The Balaban J connectivity index is 1.84. The fourth-order valence-corrected chi connectivity index (χ4v) is 4.00. The Kier molecular flexibility index (Phi) is 6.09. The maximum atomic E-state index is 12.8. The van der Waals surface area contributed by atoms with Gasteiger partial charge in [-0.15, -0.1) is 0 Å². The third kappa shape index (κ3) is 4.91. The van der Waals surface area contributed by atoms with Crippen LogP contribution in [0.1, 0.15) is 55.9 Å². The summed E-state index contributed by atoms with van der Waals surface area (Å²) in [5.74, 6) is 0.762. The highest BCUT2D eigenvalue weighted by atomic mass is 35.5. The first kappa shape index (κ1) is 22.5. The normalized spacial score (nSPS) is 17.1. The Hall–Kier alpha value is -2.22. The predicted octanol–water partition coefficient (Wildman–Crippen LogP) is 5.79. The Morgan fingerprint density at radius 2 is 1.83 bits per heavy atom. The van der Waals surface area contributed by atoms with E-state index in [0.717, 1.165) is 29.2 Å². The number of hydrogen-bond acceptors (Lipinski definition) is 3. The summed E-state index contributed by atoms with van der Waals surface area (Å²) in [6, 6.07) is 4.69. The fraction of sp³-hybridized carbons (Fsp3) is 0.524. The van der Waals surface area contributed by atoms with Gasteiger partial charge in [-0.2, -0.15) is 13.2 Å². The second-order valence-electron chi connectivity index (χ2n) is 8.41. The van der Waals surface area contributed by atoms with Gasteiger partial charge in [0, 0.05) is 13.1 Å². The number of ether oxygens (including phenoxy) is 1. The summed E-state index contributed by atoms with van der Waals surface area (Å²) in [6.45, 7) is 8.24. The van der Waals surface area contributed by atoms with E-state index in [4.69, 9.17) is 16.3 Å². The molecule has 1 amide bonds. The molecule has 5 nitrogen and oxygen atoms in total. The number of nitrogens with zero attached hydrogens (tertiary/aromatic N) is 3. The molecule has 2 heterocycles. The van der Waals surface area contributed by atoms with Crippen molar-refractivity contribution in [3.8, 4) is 0 Å². The summed E-state index contributed by atoms with van der Waals surface area (Å²) in [4.78, 5) is 18.8. The molecule has 3 rings (SSSR count). The molecule has 0 aliphatic carbocycles. The van der Waals surface area contributed by atoms with Gasteiger partial charge in [-0.05, 0) is 58.2 Å². The number of carbonyl (C=O) groups excluding carboxylic acids is 1. The molecule has 0 saturated carbocycles. The van der Waals surface area contributed by atoms with Gasteiger partial charge in [0.25, 0.3) is 0 Å². The highest BCUT2D eigenvalue weighted by molar-refractivity contribution is 6.30. The van der Waals surface area contributed by atoms with E-state index in [0.29, 0.717) is 31.1 Å². The Morgan fingerprint density at radius 3 is 2.40 bits per heavy atom.